The van der Waals surface area contributed by atoms with Crippen molar-refractivity contribution >= 4 is 17.1 Å². The average Bonchev–Trinajstić information content (AvgIpc) is 3.40. The lowest BCUT2D eigenvalue weighted by Gasteiger charge is -2.16. The Morgan fingerprint density at radius 1 is 1.25 bits per heavy atom. The standard InChI is InChI=1S/C22H25N5O5/c1-13-6-7-16(9-14(13)2)32-12-15(28)11-27-18-19(26(3)22(30)25-20(18)29)24-21(27)23-10-17-5-4-8-31-17/h4-9,15,28H,10-12H2,1-3H3,(H,23,24)(H,25,29,30)/t15-/m1/s1. The molecule has 4 rings (SSSR count). The molecule has 0 saturated heterocycles. The lowest BCUT2D eigenvalue weighted by molar-refractivity contribution is 0.0938. The number of aliphatic hydroxyl groups excluding tert-OH is 1. The highest BCUT2D eigenvalue weighted by atomic mass is 16.5. The van der Waals surface area contributed by atoms with E-state index in [1.807, 2.05) is 32.0 Å². The summed E-state index contributed by atoms with van der Waals surface area (Å²) in [6, 6.07) is 9.28. The molecule has 0 aliphatic carbocycles. The van der Waals surface area contributed by atoms with Crippen molar-refractivity contribution in [3.05, 3.63) is 74.3 Å². The minimum atomic E-state index is -0.935. The van der Waals surface area contributed by atoms with Gasteiger partial charge in [-0.3, -0.25) is 14.3 Å². The van der Waals surface area contributed by atoms with Crippen molar-refractivity contribution in [3.8, 4) is 5.75 Å². The molecule has 10 nitrogen and oxygen atoms in total. The topological polar surface area (TPSA) is 127 Å². The maximum absolute atomic E-state index is 12.6. The number of fused-ring (bicyclic) bond motifs is 1. The lowest BCUT2D eigenvalue weighted by Crippen LogP contribution is -2.31. The van der Waals surface area contributed by atoms with Gasteiger partial charge in [0.25, 0.3) is 5.56 Å². The van der Waals surface area contributed by atoms with Gasteiger partial charge in [-0.2, -0.15) is 4.98 Å². The number of rotatable bonds is 8. The molecule has 1 atom stereocenters. The fraction of sp³-hybridized carbons (Fsp3) is 0.318. The number of furan rings is 1. The molecular formula is C22H25N5O5. The van der Waals surface area contributed by atoms with E-state index in [2.05, 4.69) is 15.3 Å². The van der Waals surface area contributed by atoms with Crippen LogP contribution in [0.4, 0.5) is 5.95 Å². The number of ether oxygens (including phenoxy) is 1. The Bertz CT molecular complexity index is 1350. The maximum Gasteiger partial charge on any atom is 0.329 e. The molecule has 3 heterocycles. The molecule has 0 saturated carbocycles. The van der Waals surface area contributed by atoms with Crippen molar-refractivity contribution in [1.82, 2.24) is 19.1 Å². The van der Waals surface area contributed by atoms with Gasteiger partial charge in [0.15, 0.2) is 11.2 Å². The second-order valence-corrected chi connectivity index (χ2v) is 7.68. The van der Waals surface area contributed by atoms with Gasteiger partial charge < -0.3 is 24.1 Å². The highest BCUT2D eigenvalue weighted by molar-refractivity contribution is 5.74. The predicted molar refractivity (Wildman–Crippen MR) is 119 cm³/mol. The Labute approximate surface area is 183 Å². The van der Waals surface area contributed by atoms with Gasteiger partial charge in [-0.05, 0) is 49.2 Å². The Morgan fingerprint density at radius 3 is 2.78 bits per heavy atom. The van der Waals surface area contributed by atoms with Gasteiger partial charge in [0, 0.05) is 7.05 Å². The SMILES string of the molecule is Cc1ccc(OC[C@H](O)Cn2c(NCc3ccco3)nc3c2c(=O)[nH]c(=O)n3C)cc1C. The number of benzene rings is 1. The summed E-state index contributed by atoms with van der Waals surface area (Å²) in [6.45, 7) is 4.37. The monoisotopic (exact) mass is 439 g/mol. The fourth-order valence-electron chi connectivity index (χ4n) is 3.39. The number of hydrogen-bond donors (Lipinski definition) is 3. The molecule has 4 aromatic rings. The van der Waals surface area contributed by atoms with Crippen molar-refractivity contribution in [3.63, 3.8) is 0 Å². The number of anilines is 1. The minimum absolute atomic E-state index is 0.0173. The van der Waals surface area contributed by atoms with Crippen LogP contribution in [0.15, 0.2) is 50.6 Å². The van der Waals surface area contributed by atoms with Crippen LogP contribution in [0.25, 0.3) is 11.2 Å². The van der Waals surface area contributed by atoms with E-state index in [9.17, 15) is 14.7 Å². The lowest BCUT2D eigenvalue weighted by atomic mass is 10.1. The van der Waals surface area contributed by atoms with E-state index in [4.69, 9.17) is 9.15 Å². The molecule has 32 heavy (non-hydrogen) atoms. The fourth-order valence-corrected chi connectivity index (χ4v) is 3.39. The van der Waals surface area contributed by atoms with Crippen LogP contribution in [0.3, 0.4) is 0 Å². The largest absolute Gasteiger partial charge is 0.491 e. The third-order valence-electron chi connectivity index (χ3n) is 5.32. The number of aromatic amines is 1. The molecule has 0 aliphatic heterocycles. The highest BCUT2D eigenvalue weighted by Gasteiger charge is 2.20. The van der Waals surface area contributed by atoms with E-state index < -0.39 is 17.4 Å². The van der Waals surface area contributed by atoms with Crippen LogP contribution in [0.1, 0.15) is 16.9 Å². The number of nitrogens with one attached hydrogen (secondary N) is 2. The van der Waals surface area contributed by atoms with E-state index in [-0.39, 0.29) is 24.3 Å². The van der Waals surface area contributed by atoms with E-state index in [0.717, 1.165) is 11.1 Å². The second kappa shape index (κ2) is 8.75. The van der Waals surface area contributed by atoms with Gasteiger partial charge in [0.2, 0.25) is 5.95 Å². The first kappa shape index (κ1) is 21.4. The van der Waals surface area contributed by atoms with Crippen LogP contribution in [0.5, 0.6) is 5.75 Å². The van der Waals surface area contributed by atoms with Crippen molar-refractivity contribution in [2.45, 2.75) is 33.0 Å². The molecule has 0 amide bonds. The minimum Gasteiger partial charge on any atom is -0.491 e. The molecule has 3 N–H and O–H groups in total. The van der Waals surface area contributed by atoms with Crippen LogP contribution < -0.4 is 21.3 Å². The number of hydrogen-bond acceptors (Lipinski definition) is 7. The van der Waals surface area contributed by atoms with Crippen LogP contribution in [-0.2, 0) is 20.1 Å². The van der Waals surface area contributed by atoms with Gasteiger partial charge in [-0.1, -0.05) is 6.07 Å². The van der Waals surface area contributed by atoms with Gasteiger partial charge >= 0.3 is 5.69 Å². The molecule has 3 aromatic heterocycles. The van der Waals surface area contributed by atoms with Gasteiger partial charge in [-0.25, -0.2) is 4.79 Å². The molecule has 10 heteroatoms. The summed E-state index contributed by atoms with van der Waals surface area (Å²) in [5, 5.41) is 13.8. The first-order chi connectivity index (χ1) is 15.3. The van der Waals surface area contributed by atoms with E-state index >= 15 is 0 Å². The van der Waals surface area contributed by atoms with Crippen molar-refractivity contribution in [2.24, 2.45) is 7.05 Å². The van der Waals surface area contributed by atoms with E-state index in [1.165, 1.54) is 11.6 Å². The summed E-state index contributed by atoms with van der Waals surface area (Å²) in [5.41, 5.74) is 1.49. The first-order valence-electron chi connectivity index (χ1n) is 10.2. The second-order valence-electron chi connectivity index (χ2n) is 7.68. The molecule has 0 radical (unpaired) electrons. The molecule has 168 valence electrons. The highest BCUT2D eigenvalue weighted by Crippen LogP contribution is 2.19. The number of aromatic nitrogens is 4. The van der Waals surface area contributed by atoms with Gasteiger partial charge in [-0.15, -0.1) is 0 Å². The summed E-state index contributed by atoms with van der Waals surface area (Å²) >= 11 is 0. The smallest absolute Gasteiger partial charge is 0.329 e. The van der Waals surface area contributed by atoms with Crippen molar-refractivity contribution < 1.29 is 14.3 Å². The van der Waals surface area contributed by atoms with Crippen LogP contribution in [0, 0.1) is 13.8 Å². The number of H-pyrrole nitrogens is 1. The summed E-state index contributed by atoms with van der Waals surface area (Å²) in [6.07, 6.45) is 0.622. The number of imidazole rings is 1. The number of nitrogens with zero attached hydrogens (tertiary/aromatic N) is 3. The summed E-state index contributed by atoms with van der Waals surface area (Å²) in [7, 11) is 1.52. The summed E-state index contributed by atoms with van der Waals surface area (Å²) < 4.78 is 13.9. The van der Waals surface area contributed by atoms with Crippen LogP contribution >= 0.6 is 0 Å². The van der Waals surface area contributed by atoms with Crippen LogP contribution in [-0.4, -0.2) is 36.9 Å². The van der Waals surface area contributed by atoms with Crippen molar-refractivity contribution in [2.75, 3.05) is 11.9 Å². The third-order valence-corrected chi connectivity index (χ3v) is 5.32. The molecule has 0 fully saturated rings. The Balaban J connectivity index is 1.60. The zero-order valence-corrected chi connectivity index (χ0v) is 18.1. The Morgan fingerprint density at radius 2 is 2.06 bits per heavy atom. The Kier molecular flexibility index (Phi) is 5.87. The molecule has 0 unspecified atom stereocenters. The van der Waals surface area contributed by atoms with E-state index in [1.54, 1.807) is 23.0 Å². The Hall–Kier alpha value is -3.79. The zero-order chi connectivity index (χ0) is 22.8. The molecular weight excluding hydrogens is 414 g/mol. The molecule has 0 spiro atoms. The first-order valence-corrected chi connectivity index (χ1v) is 10.2. The number of aryl methyl sites for hydroxylation is 3. The van der Waals surface area contributed by atoms with Crippen molar-refractivity contribution in [1.29, 1.82) is 0 Å². The maximum atomic E-state index is 12.6. The predicted octanol–water partition coefficient (Wildman–Crippen LogP) is 1.69. The average molecular weight is 439 g/mol. The normalized spacial score (nSPS) is 12.2. The number of aliphatic hydroxyl groups is 1. The summed E-state index contributed by atoms with van der Waals surface area (Å²) in [5.74, 6) is 1.65. The molecule has 0 bridgehead atoms. The van der Waals surface area contributed by atoms with Gasteiger partial charge in [0.05, 0.1) is 19.4 Å². The van der Waals surface area contributed by atoms with Crippen LogP contribution in [0.2, 0.25) is 0 Å². The summed E-state index contributed by atoms with van der Waals surface area (Å²) in [4.78, 5) is 31.3. The molecule has 1 aromatic carbocycles. The zero-order valence-electron chi connectivity index (χ0n) is 18.1. The van der Waals surface area contributed by atoms with E-state index in [0.29, 0.717) is 24.0 Å². The van der Waals surface area contributed by atoms with Gasteiger partial charge in [0.1, 0.15) is 24.2 Å². The quantitative estimate of drug-likeness (QED) is 0.381. The molecule has 0 aliphatic rings. The third kappa shape index (κ3) is 4.30.